The highest BCUT2D eigenvalue weighted by molar-refractivity contribution is 9.10. The number of carbonyl (C=O) groups is 2. The fraction of sp³-hybridized carbons (Fsp3) is 0.500. The van der Waals surface area contributed by atoms with Crippen LogP contribution < -0.4 is 10.6 Å². The maximum atomic E-state index is 12.0. The third-order valence-electron chi connectivity index (χ3n) is 3.75. The Morgan fingerprint density at radius 1 is 1.30 bits per heavy atom. The van der Waals surface area contributed by atoms with Gasteiger partial charge in [-0.3, -0.25) is 0 Å². The van der Waals surface area contributed by atoms with Gasteiger partial charge >= 0.3 is 12.1 Å². The predicted octanol–water partition coefficient (Wildman–Crippen LogP) is 2.87. The van der Waals surface area contributed by atoms with E-state index in [-0.39, 0.29) is 18.2 Å². The summed E-state index contributed by atoms with van der Waals surface area (Å²) in [5, 5.41) is 5.81. The van der Waals surface area contributed by atoms with Crippen LogP contribution in [0.3, 0.4) is 0 Å². The first-order valence-electron chi connectivity index (χ1n) is 7.79. The summed E-state index contributed by atoms with van der Waals surface area (Å²) >= 11 is 3.46. The predicted molar refractivity (Wildman–Crippen MR) is 91.1 cm³/mol. The Hall–Kier alpha value is -1.76. The van der Waals surface area contributed by atoms with Gasteiger partial charge in [0.1, 0.15) is 0 Å². The van der Waals surface area contributed by atoms with Crippen molar-refractivity contribution in [2.75, 3.05) is 19.7 Å². The molecule has 0 atom stereocenters. The molecular formula is C16H22BrN3O3. The SMILES string of the molecule is CCOC(=O)N1CCC(NC(=O)NCc2ccccc2Br)CC1. The number of hydrogen-bond acceptors (Lipinski definition) is 3. The first kappa shape index (κ1) is 17.6. The van der Waals surface area contributed by atoms with Gasteiger partial charge in [-0.1, -0.05) is 34.1 Å². The van der Waals surface area contributed by atoms with Gasteiger partial charge in [0, 0.05) is 30.1 Å². The minimum Gasteiger partial charge on any atom is -0.450 e. The Kier molecular flexibility index (Phi) is 6.70. The van der Waals surface area contributed by atoms with Gasteiger partial charge in [-0.2, -0.15) is 0 Å². The van der Waals surface area contributed by atoms with Crippen LogP contribution in [0.4, 0.5) is 9.59 Å². The summed E-state index contributed by atoms with van der Waals surface area (Å²) in [7, 11) is 0. The molecule has 0 radical (unpaired) electrons. The lowest BCUT2D eigenvalue weighted by Gasteiger charge is -2.31. The van der Waals surface area contributed by atoms with Gasteiger partial charge < -0.3 is 20.3 Å². The highest BCUT2D eigenvalue weighted by Crippen LogP contribution is 2.15. The van der Waals surface area contributed by atoms with Crippen molar-refractivity contribution in [1.29, 1.82) is 0 Å². The smallest absolute Gasteiger partial charge is 0.409 e. The number of ether oxygens (including phenoxy) is 1. The van der Waals surface area contributed by atoms with E-state index in [0.717, 1.165) is 22.9 Å². The molecule has 3 amide bonds. The number of halogens is 1. The van der Waals surface area contributed by atoms with Crippen molar-refractivity contribution in [1.82, 2.24) is 15.5 Å². The average molecular weight is 384 g/mol. The van der Waals surface area contributed by atoms with Gasteiger partial charge in [0.05, 0.1) is 6.61 Å². The topological polar surface area (TPSA) is 70.7 Å². The van der Waals surface area contributed by atoms with Crippen LogP contribution in [-0.4, -0.2) is 42.8 Å². The van der Waals surface area contributed by atoms with E-state index in [1.165, 1.54) is 0 Å². The summed E-state index contributed by atoms with van der Waals surface area (Å²) in [6, 6.07) is 7.67. The third-order valence-corrected chi connectivity index (χ3v) is 4.53. The van der Waals surface area contributed by atoms with Crippen molar-refractivity contribution < 1.29 is 14.3 Å². The van der Waals surface area contributed by atoms with E-state index < -0.39 is 0 Å². The van der Waals surface area contributed by atoms with Crippen molar-refractivity contribution in [3.8, 4) is 0 Å². The van der Waals surface area contributed by atoms with Crippen LogP contribution in [0.1, 0.15) is 25.3 Å². The van der Waals surface area contributed by atoms with Crippen molar-refractivity contribution in [2.45, 2.75) is 32.4 Å². The van der Waals surface area contributed by atoms with Crippen LogP contribution >= 0.6 is 15.9 Å². The van der Waals surface area contributed by atoms with Gasteiger partial charge in [-0.25, -0.2) is 9.59 Å². The summed E-state index contributed by atoms with van der Waals surface area (Å²) < 4.78 is 5.95. The first-order valence-corrected chi connectivity index (χ1v) is 8.59. The molecule has 2 N–H and O–H groups in total. The highest BCUT2D eigenvalue weighted by atomic mass is 79.9. The Balaban J connectivity index is 1.71. The molecule has 2 rings (SSSR count). The molecule has 1 aliphatic heterocycles. The van der Waals surface area contributed by atoms with Crippen molar-refractivity contribution in [3.05, 3.63) is 34.3 Å². The van der Waals surface area contributed by atoms with Crippen LogP contribution in [-0.2, 0) is 11.3 Å². The molecule has 0 aromatic heterocycles. The fourth-order valence-corrected chi connectivity index (χ4v) is 2.90. The molecule has 126 valence electrons. The van der Waals surface area contributed by atoms with E-state index in [2.05, 4.69) is 26.6 Å². The van der Waals surface area contributed by atoms with Crippen LogP contribution in [0.15, 0.2) is 28.7 Å². The van der Waals surface area contributed by atoms with E-state index in [0.29, 0.717) is 26.2 Å². The van der Waals surface area contributed by atoms with Crippen LogP contribution in [0.2, 0.25) is 0 Å². The molecule has 7 heteroatoms. The molecule has 1 aromatic rings. The minimum absolute atomic E-state index is 0.0832. The second kappa shape index (κ2) is 8.76. The molecule has 23 heavy (non-hydrogen) atoms. The Bertz CT molecular complexity index is 545. The minimum atomic E-state index is -0.274. The molecule has 0 bridgehead atoms. The fourth-order valence-electron chi connectivity index (χ4n) is 2.47. The summed E-state index contributed by atoms with van der Waals surface area (Å²) in [4.78, 5) is 25.3. The maximum absolute atomic E-state index is 12.0. The number of nitrogens with one attached hydrogen (secondary N) is 2. The summed E-state index contributed by atoms with van der Waals surface area (Å²) in [5.74, 6) is 0. The highest BCUT2D eigenvalue weighted by Gasteiger charge is 2.24. The molecular weight excluding hydrogens is 362 g/mol. The maximum Gasteiger partial charge on any atom is 0.409 e. The molecule has 6 nitrogen and oxygen atoms in total. The zero-order valence-electron chi connectivity index (χ0n) is 13.2. The summed E-state index contributed by atoms with van der Waals surface area (Å²) in [6.07, 6.45) is 1.20. The molecule has 0 aliphatic carbocycles. The molecule has 0 saturated carbocycles. The molecule has 1 heterocycles. The average Bonchev–Trinajstić information content (AvgIpc) is 2.55. The second-order valence-corrected chi connectivity index (χ2v) is 6.23. The number of benzene rings is 1. The summed E-state index contributed by atoms with van der Waals surface area (Å²) in [5.41, 5.74) is 1.03. The number of amides is 3. The Labute approximate surface area is 144 Å². The summed E-state index contributed by atoms with van der Waals surface area (Å²) in [6.45, 7) is 3.85. The van der Waals surface area contributed by atoms with Crippen LogP contribution in [0, 0.1) is 0 Å². The second-order valence-electron chi connectivity index (χ2n) is 5.38. The van der Waals surface area contributed by atoms with Gasteiger partial charge in [0.15, 0.2) is 0 Å². The van der Waals surface area contributed by atoms with Crippen LogP contribution in [0.25, 0.3) is 0 Å². The molecule has 0 spiro atoms. The molecule has 1 aliphatic rings. The van der Waals surface area contributed by atoms with Crippen molar-refractivity contribution in [3.63, 3.8) is 0 Å². The number of urea groups is 1. The van der Waals surface area contributed by atoms with Crippen molar-refractivity contribution >= 4 is 28.1 Å². The lowest BCUT2D eigenvalue weighted by molar-refractivity contribution is 0.0957. The van der Waals surface area contributed by atoms with Crippen LogP contribution in [0.5, 0.6) is 0 Å². The Morgan fingerprint density at radius 3 is 2.65 bits per heavy atom. The Morgan fingerprint density at radius 2 is 2.00 bits per heavy atom. The lowest BCUT2D eigenvalue weighted by atomic mass is 10.1. The normalized spacial score (nSPS) is 15.1. The molecule has 1 saturated heterocycles. The quantitative estimate of drug-likeness (QED) is 0.839. The first-order chi connectivity index (χ1) is 11.1. The standard InChI is InChI=1S/C16H22BrN3O3/c1-2-23-16(22)20-9-7-13(8-10-20)19-15(21)18-11-12-5-3-4-6-14(12)17/h3-6,13H,2,7-11H2,1H3,(H2,18,19,21). The zero-order valence-corrected chi connectivity index (χ0v) is 14.8. The number of rotatable bonds is 4. The van der Waals surface area contributed by atoms with Gasteiger partial charge in [-0.15, -0.1) is 0 Å². The molecule has 1 fully saturated rings. The third kappa shape index (κ3) is 5.42. The van der Waals surface area contributed by atoms with Gasteiger partial charge in [0.25, 0.3) is 0 Å². The van der Waals surface area contributed by atoms with E-state index in [4.69, 9.17) is 4.74 Å². The largest absolute Gasteiger partial charge is 0.450 e. The molecule has 0 unspecified atom stereocenters. The van der Waals surface area contributed by atoms with E-state index in [9.17, 15) is 9.59 Å². The van der Waals surface area contributed by atoms with Crippen molar-refractivity contribution in [2.24, 2.45) is 0 Å². The van der Waals surface area contributed by atoms with E-state index in [1.54, 1.807) is 11.8 Å². The van der Waals surface area contributed by atoms with Gasteiger partial charge in [-0.05, 0) is 31.4 Å². The number of carbonyl (C=O) groups excluding carboxylic acids is 2. The van der Waals surface area contributed by atoms with E-state index >= 15 is 0 Å². The number of likely N-dealkylation sites (tertiary alicyclic amines) is 1. The van der Waals surface area contributed by atoms with E-state index in [1.807, 2.05) is 24.3 Å². The number of nitrogens with zero attached hydrogens (tertiary/aromatic N) is 1. The number of hydrogen-bond donors (Lipinski definition) is 2. The lowest BCUT2D eigenvalue weighted by Crippen LogP contribution is -2.49. The zero-order chi connectivity index (χ0) is 16.7. The monoisotopic (exact) mass is 383 g/mol. The van der Waals surface area contributed by atoms with Gasteiger partial charge in [0.2, 0.25) is 0 Å². The number of piperidine rings is 1. The molecule has 1 aromatic carbocycles.